The molecule has 0 unspecified atom stereocenters. The fourth-order valence-electron chi connectivity index (χ4n) is 1.72. The summed E-state index contributed by atoms with van der Waals surface area (Å²) in [6, 6.07) is 5.93. The molecule has 0 bridgehead atoms. The zero-order valence-corrected chi connectivity index (χ0v) is 12.7. The van der Waals surface area contributed by atoms with E-state index in [2.05, 4.69) is 26.3 Å². The van der Waals surface area contributed by atoms with Gasteiger partial charge in [0, 0.05) is 22.3 Å². The number of carbonyl (C=O) groups excluding carboxylic acids is 1. The number of carbonyl (C=O) groups is 1. The Morgan fingerprint density at radius 2 is 2.16 bits per heavy atom. The van der Waals surface area contributed by atoms with Crippen molar-refractivity contribution in [2.24, 2.45) is 0 Å². The second-order valence-electron chi connectivity index (χ2n) is 4.72. The molecule has 1 N–H and O–H groups in total. The van der Waals surface area contributed by atoms with Gasteiger partial charge in [0.15, 0.2) is 0 Å². The summed E-state index contributed by atoms with van der Waals surface area (Å²) in [4.78, 5) is 12.2. The molecular weight excluding hydrogens is 306 g/mol. The van der Waals surface area contributed by atoms with Gasteiger partial charge in [0.25, 0.3) is 5.91 Å². The fraction of sp³-hybridized carbons (Fsp3) is 0.286. The van der Waals surface area contributed by atoms with Crippen molar-refractivity contribution < 1.29 is 4.79 Å². The van der Waals surface area contributed by atoms with Gasteiger partial charge in [-0.1, -0.05) is 22.0 Å². The highest BCUT2D eigenvalue weighted by atomic mass is 79.9. The maximum atomic E-state index is 12.2. The van der Waals surface area contributed by atoms with Crippen molar-refractivity contribution in [3.63, 3.8) is 0 Å². The van der Waals surface area contributed by atoms with Crippen molar-refractivity contribution in [3.05, 3.63) is 46.2 Å². The molecule has 5 heteroatoms. The second kappa shape index (κ2) is 5.57. The molecule has 0 aliphatic heterocycles. The Balaban J connectivity index is 2.18. The minimum Gasteiger partial charge on any atom is -0.319 e. The number of halogens is 1. The Labute approximate surface area is 120 Å². The van der Waals surface area contributed by atoms with Crippen LogP contribution in [-0.2, 0) is 0 Å². The van der Waals surface area contributed by atoms with E-state index in [-0.39, 0.29) is 11.9 Å². The van der Waals surface area contributed by atoms with Crippen molar-refractivity contribution in [2.45, 2.75) is 26.8 Å². The Bertz CT molecular complexity index is 604. The predicted molar refractivity (Wildman–Crippen MR) is 79.4 cm³/mol. The SMILES string of the molecule is Cc1ccc(Br)cc1C(=O)Nc1cnn(C(C)C)c1. The van der Waals surface area contributed by atoms with Crippen molar-refractivity contribution in [1.29, 1.82) is 0 Å². The lowest BCUT2D eigenvalue weighted by molar-refractivity contribution is 0.102. The number of benzene rings is 1. The molecule has 0 spiro atoms. The van der Waals surface area contributed by atoms with E-state index in [1.165, 1.54) is 0 Å². The van der Waals surface area contributed by atoms with Gasteiger partial charge in [-0.2, -0.15) is 5.10 Å². The molecule has 2 rings (SSSR count). The lowest BCUT2D eigenvalue weighted by atomic mass is 10.1. The minimum absolute atomic E-state index is 0.123. The topological polar surface area (TPSA) is 46.9 Å². The zero-order chi connectivity index (χ0) is 14.0. The molecule has 1 aromatic carbocycles. The van der Waals surface area contributed by atoms with Crippen molar-refractivity contribution in [2.75, 3.05) is 5.32 Å². The molecular formula is C14H16BrN3O. The van der Waals surface area contributed by atoms with Crippen molar-refractivity contribution in [3.8, 4) is 0 Å². The molecule has 0 atom stereocenters. The molecule has 0 aliphatic rings. The first kappa shape index (κ1) is 13.8. The van der Waals surface area contributed by atoms with Crippen molar-refractivity contribution in [1.82, 2.24) is 9.78 Å². The Hall–Kier alpha value is -1.62. The van der Waals surface area contributed by atoms with Gasteiger partial charge >= 0.3 is 0 Å². The van der Waals surface area contributed by atoms with Crippen LogP contribution in [0.4, 0.5) is 5.69 Å². The van der Waals surface area contributed by atoms with E-state index in [0.29, 0.717) is 11.3 Å². The molecule has 1 heterocycles. The van der Waals surface area contributed by atoms with Crippen LogP contribution in [-0.4, -0.2) is 15.7 Å². The first-order valence-electron chi connectivity index (χ1n) is 6.09. The monoisotopic (exact) mass is 321 g/mol. The third kappa shape index (κ3) is 3.23. The molecule has 0 fully saturated rings. The minimum atomic E-state index is -0.123. The number of aromatic nitrogens is 2. The smallest absolute Gasteiger partial charge is 0.256 e. The van der Waals surface area contributed by atoms with Crippen LogP contribution in [0.3, 0.4) is 0 Å². The van der Waals surface area contributed by atoms with Gasteiger partial charge in [-0.05, 0) is 38.5 Å². The lowest BCUT2D eigenvalue weighted by Gasteiger charge is -2.07. The van der Waals surface area contributed by atoms with Gasteiger partial charge in [-0.15, -0.1) is 0 Å². The third-order valence-electron chi connectivity index (χ3n) is 2.83. The highest BCUT2D eigenvalue weighted by molar-refractivity contribution is 9.10. The first-order chi connectivity index (χ1) is 8.97. The van der Waals surface area contributed by atoms with Crippen LogP contribution in [0, 0.1) is 6.92 Å². The molecule has 100 valence electrons. The number of hydrogen-bond donors (Lipinski definition) is 1. The van der Waals surface area contributed by atoms with Crippen LogP contribution in [0.2, 0.25) is 0 Å². The van der Waals surface area contributed by atoms with Crippen molar-refractivity contribution >= 4 is 27.5 Å². The molecule has 19 heavy (non-hydrogen) atoms. The van der Waals surface area contributed by atoms with E-state index in [0.717, 1.165) is 10.0 Å². The second-order valence-corrected chi connectivity index (χ2v) is 5.63. The van der Waals surface area contributed by atoms with Crippen LogP contribution in [0.25, 0.3) is 0 Å². The van der Waals surface area contributed by atoms with Crippen LogP contribution >= 0.6 is 15.9 Å². The summed E-state index contributed by atoms with van der Waals surface area (Å²) in [5, 5.41) is 7.05. The van der Waals surface area contributed by atoms with E-state index in [1.54, 1.807) is 6.20 Å². The molecule has 1 aromatic heterocycles. The van der Waals surface area contributed by atoms with Gasteiger partial charge in [0.05, 0.1) is 11.9 Å². The van der Waals surface area contributed by atoms with E-state index < -0.39 is 0 Å². The molecule has 1 amide bonds. The lowest BCUT2D eigenvalue weighted by Crippen LogP contribution is -2.13. The summed E-state index contributed by atoms with van der Waals surface area (Å²) < 4.78 is 2.70. The van der Waals surface area contributed by atoms with Crippen LogP contribution in [0.1, 0.15) is 35.8 Å². The summed E-state index contributed by atoms with van der Waals surface area (Å²) in [6.07, 6.45) is 3.49. The highest BCUT2D eigenvalue weighted by Gasteiger charge is 2.11. The van der Waals surface area contributed by atoms with Gasteiger partial charge < -0.3 is 5.32 Å². The van der Waals surface area contributed by atoms with Gasteiger partial charge in [0.1, 0.15) is 0 Å². The van der Waals surface area contributed by atoms with Crippen LogP contribution in [0.15, 0.2) is 35.1 Å². The summed E-state index contributed by atoms with van der Waals surface area (Å²) >= 11 is 3.38. The van der Waals surface area contributed by atoms with E-state index in [4.69, 9.17) is 0 Å². The number of amides is 1. The Morgan fingerprint density at radius 1 is 1.42 bits per heavy atom. The van der Waals surface area contributed by atoms with Crippen LogP contribution < -0.4 is 5.32 Å². The number of nitrogens with zero attached hydrogens (tertiary/aromatic N) is 2. The largest absolute Gasteiger partial charge is 0.319 e. The molecule has 0 aliphatic carbocycles. The van der Waals surface area contributed by atoms with E-state index in [1.807, 2.05) is 49.8 Å². The summed E-state index contributed by atoms with van der Waals surface area (Å²) in [5.74, 6) is -0.123. The fourth-order valence-corrected chi connectivity index (χ4v) is 2.08. The van der Waals surface area contributed by atoms with Gasteiger partial charge in [0.2, 0.25) is 0 Å². The molecule has 4 nitrogen and oxygen atoms in total. The third-order valence-corrected chi connectivity index (χ3v) is 3.33. The highest BCUT2D eigenvalue weighted by Crippen LogP contribution is 2.18. The van der Waals surface area contributed by atoms with E-state index in [9.17, 15) is 4.79 Å². The Morgan fingerprint density at radius 3 is 2.79 bits per heavy atom. The van der Waals surface area contributed by atoms with Crippen LogP contribution in [0.5, 0.6) is 0 Å². The summed E-state index contributed by atoms with van der Waals surface area (Å²) in [6.45, 7) is 5.99. The zero-order valence-electron chi connectivity index (χ0n) is 11.1. The number of rotatable bonds is 3. The number of hydrogen-bond acceptors (Lipinski definition) is 2. The molecule has 0 saturated heterocycles. The average molecular weight is 322 g/mol. The molecule has 2 aromatic rings. The number of anilines is 1. The molecule has 0 radical (unpaired) electrons. The number of aryl methyl sites for hydroxylation is 1. The first-order valence-corrected chi connectivity index (χ1v) is 6.88. The summed E-state index contributed by atoms with van der Waals surface area (Å²) in [5.41, 5.74) is 2.31. The standard InChI is InChI=1S/C14H16BrN3O/c1-9(2)18-8-12(7-16-18)17-14(19)13-6-11(15)5-4-10(13)3/h4-9H,1-3H3,(H,17,19). The van der Waals surface area contributed by atoms with E-state index >= 15 is 0 Å². The Kier molecular flexibility index (Phi) is 4.04. The summed E-state index contributed by atoms with van der Waals surface area (Å²) in [7, 11) is 0. The molecule has 0 saturated carbocycles. The maximum absolute atomic E-state index is 12.2. The maximum Gasteiger partial charge on any atom is 0.256 e. The van der Waals surface area contributed by atoms with Gasteiger partial charge in [-0.3, -0.25) is 9.48 Å². The normalized spacial score (nSPS) is 10.8. The average Bonchev–Trinajstić information content (AvgIpc) is 2.80. The predicted octanol–water partition coefficient (Wildman–Crippen LogP) is 3.79. The number of nitrogens with one attached hydrogen (secondary N) is 1. The van der Waals surface area contributed by atoms with Gasteiger partial charge in [-0.25, -0.2) is 0 Å². The quantitative estimate of drug-likeness (QED) is 0.934.